The van der Waals surface area contributed by atoms with Crippen LogP contribution in [0.1, 0.15) is 58.2 Å². The third-order valence-electron chi connectivity index (χ3n) is 4.61. The first-order valence-corrected chi connectivity index (χ1v) is 9.43. The van der Waals surface area contributed by atoms with Crippen molar-refractivity contribution in [3.05, 3.63) is 35.4 Å². The lowest BCUT2D eigenvalue weighted by Gasteiger charge is -2.26. The predicted octanol–water partition coefficient (Wildman–Crippen LogP) is 4.40. The summed E-state index contributed by atoms with van der Waals surface area (Å²) in [5.41, 5.74) is 2.26. The molecule has 25 heavy (non-hydrogen) atoms. The molecule has 4 heteroatoms. The molecule has 0 aromatic heterocycles. The normalized spacial score (nSPS) is 19.3. The number of nitrogens with one attached hydrogen (secondary N) is 1. The third kappa shape index (κ3) is 5.74. The summed E-state index contributed by atoms with van der Waals surface area (Å²) < 4.78 is 5.52. The second kappa shape index (κ2) is 8.22. The predicted molar refractivity (Wildman–Crippen MR) is 103 cm³/mol. The van der Waals surface area contributed by atoms with Crippen LogP contribution in [-0.2, 0) is 11.2 Å². The molecular formula is C21H34N2O2. The van der Waals surface area contributed by atoms with Crippen LogP contribution in [-0.4, -0.2) is 36.7 Å². The van der Waals surface area contributed by atoms with Crippen molar-refractivity contribution in [1.29, 1.82) is 0 Å². The van der Waals surface area contributed by atoms with Gasteiger partial charge in [0, 0.05) is 19.1 Å². The lowest BCUT2D eigenvalue weighted by molar-refractivity contribution is 0.0285. The molecule has 140 valence electrons. The van der Waals surface area contributed by atoms with E-state index in [4.69, 9.17) is 4.74 Å². The van der Waals surface area contributed by atoms with Crippen LogP contribution in [0.4, 0.5) is 4.79 Å². The van der Waals surface area contributed by atoms with Crippen LogP contribution in [0.15, 0.2) is 24.3 Å². The van der Waals surface area contributed by atoms with Gasteiger partial charge < -0.3 is 15.0 Å². The maximum atomic E-state index is 12.3. The molecule has 2 unspecified atom stereocenters. The molecule has 1 aromatic carbocycles. The van der Waals surface area contributed by atoms with Gasteiger partial charge in [-0.2, -0.15) is 0 Å². The first-order chi connectivity index (χ1) is 11.7. The average molecular weight is 347 g/mol. The minimum absolute atomic E-state index is 0.196. The van der Waals surface area contributed by atoms with Crippen molar-refractivity contribution in [1.82, 2.24) is 10.2 Å². The van der Waals surface area contributed by atoms with Crippen LogP contribution in [0, 0.1) is 11.8 Å². The smallest absolute Gasteiger partial charge is 0.410 e. The number of carbonyl (C=O) groups is 1. The molecule has 0 spiro atoms. The Morgan fingerprint density at radius 2 is 2.08 bits per heavy atom. The fourth-order valence-electron chi connectivity index (χ4n) is 3.61. The van der Waals surface area contributed by atoms with Gasteiger partial charge >= 0.3 is 6.09 Å². The van der Waals surface area contributed by atoms with Crippen molar-refractivity contribution in [2.45, 2.75) is 59.1 Å². The largest absolute Gasteiger partial charge is 0.444 e. The quantitative estimate of drug-likeness (QED) is 0.859. The van der Waals surface area contributed by atoms with E-state index < -0.39 is 5.60 Å². The van der Waals surface area contributed by atoms with Gasteiger partial charge in [-0.25, -0.2) is 4.79 Å². The Balaban J connectivity index is 2.05. The highest BCUT2D eigenvalue weighted by molar-refractivity contribution is 5.68. The third-order valence-corrected chi connectivity index (χ3v) is 4.61. The zero-order chi connectivity index (χ0) is 18.6. The minimum atomic E-state index is -0.442. The van der Waals surface area contributed by atoms with Crippen molar-refractivity contribution >= 4 is 6.09 Å². The minimum Gasteiger partial charge on any atom is -0.444 e. The maximum absolute atomic E-state index is 12.3. The van der Waals surface area contributed by atoms with Gasteiger partial charge in [0.15, 0.2) is 0 Å². The van der Waals surface area contributed by atoms with Gasteiger partial charge in [-0.05, 0) is 63.6 Å². The lowest BCUT2D eigenvalue weighted by atomic mass is 9.90. The number of amides is 1. The zero-order valence-corrected chi connectivity index (χ0v) is 16.6. The van der Waals surface area contributed by atoms with Gasteiger partial charge in [-0.1, -0.05) is 38.1 Å². The van der Waals surface area contributed by atoms with E-state index >= 15 is 0 Å². The number of nitrogens with zero attached hydrogens (tertiary/aromatic N) is 1. The van der Waals surface area contributed by atoms with E-state index in [1.54, 1.807) is 0 Å². The SMILES string of the molecule is CNC(c1cccc(CC(C)C)c1)C1CCN(C(=O)OC(C)(C)C)C1. The van der Waals surface area contributed by atoms with Crippen LogP contribution < -0.4 is 5.32 Å². The van der Waals surface area contributed by atoms with Crippen molar-refractivity contribution < 1.29 is 9.53 Å². The summed E-state index contributed by atoms with van der Waals surface area (Å²) in [7, 11) is 2.01. The molecule has 1 amide bonds. The molecule has 1 heterocycles. The maximum Gasteiger partial charge on any atom is 0.410 e. The van der Waals surface area contributed by atoms with Gasteiger partial charge in [0.1, 0.15) is 5.60 Å². The second-order valence-electron chi connectivity index (χ2n) is 8.58. The van der Waals surface area contributed by atoms with Gasteiger partial charge in [0.05, 0.1) is 0 Å². The van der Waals surface area contributed by atoms with E-state index in [2.05, 4.69) is 43.4 Å². The van der Waals surface area contributed by atoms with Crippen LogP contribution in [0.5, 0.6) is 0 Å². The number of benzene rings is 1. The van der Waals surface area contributed by atoms with Crippen molar-refractivity contribution in [3.8, 4) is 0 Å². The molecular weight excluding hydrogens is 312 g/mol. The van der Waals surface area contributed by atoms with E-state index in [-0.39, 0.29) is 12.1 Å². The summed E-state index contributed by atoms with van der Waals surface area (Å²) in [6.07, 6.45) is 1.90. The Hall–Kier alpha value is -1.55. The monoisotopic (exact) mass is 346 g/mol. The molecule has 0 aliphatic carbocycles. The summed E-state index contributed by atoms with van der Waals surface area (Å²) in [6.45, 7) is 11.7. The number of rotatable bonds is 5. The van der Waals surface area contributed by atoms with Crippen LogP contribution in [0.25, 0.3) is 0 Å². The van der Waals surface area contributed by atoms with E-state index in [1.807, 2.05) is 32.7 Å². The lowest BCUT2D eigenvalue weighted by Crippen LogP contribution is -2.36. The summed E-state index contributed by atoms with van der Waals surface area (Å²) in [5.74, 6) is 1.06. The van der Waals surface area contributed by atoms with Gasteiger partial charge in [-0.3, -0.25) is 0 Å². The second-order valence-corrected chi connectivity index (χ2v) is 8.58. The van der Waals surface area contributed by atoms with Crippen molar-refractivity contribution in [3.63, 3.8) is 0 Å². The highest BCUT2D eigenvalue weighted by Gasteiger charge is 2.34. The Labute approximate surface area is 152 Å². The summed E-state index contributed by atoms with van der Waals surface area (Å²) in [6, 6.07) is 9.13. The molecule has 1 saturated heterocycles. The van der Waals surface area contributed by atoms with Crippen molar-refractivity contribution in [2.24, 2.45) is 11.8 Å². The molecule has 0 saturated carbocycles. The van der Waals surface area contributed by atoms with Crippen LogP contribution in [0.3, 0.4) is 0 Å². The summed E-state index contributed by atoms with van der Waals surface area (Å²) in [5, 5.41) is 3.47. The molecule has 1 fully saturated rings. The fourth-order valence-corrected chi connectivity index (χ4v) is 3.61. The molecule has 2 rings (SSSR count). The summed E-state index contributed by atoms with van der Waals surface area (Å²) in [4.78, 5) is 14.2. The first kappa shape index (κ1) is 19.8. The topological polar surface area (TPSA) is 41.6 Å². The number of hydrogen-bond acceptors (Lipinski definition) is 3. The highest BCUT2D eigenvalue weighted by Crippen LogP contribution is 2.31. The van der Waals surface area contributed by atoms with Crippen LogP contribution >= 0.6 is 0 Å². The number of carbonyl (C=O) groups excluding carboxylic acids is 1. The van der Waals surface area contributed by atoms with Crippen molar-refractivity contribution in [2.75, 3.05) is 20.1 Å². The molecule has 1 aliphatic rings. The first-order valence-electron chi connectivity index (χ1n) is 9.43. The molecule has 0 bridgehead atoms. The van der Waals surface area contributed by atoms with E-state index in [0.717, 1.165) is 25.9 Å². The number of hydrogen-bond donors (Lipinski definition) is 1. The Morgan fingerprint density at radius 1 is 1.36 bits per heavy atom. The Morgan fingerprint density at radius 3 is 2.68 bits per heavy atom. The van der Waals surface area contributed by atoms with Gasteiger partial charge in [0.2, 0.25) is 0 Å². The number of ether oxygens (including phenoxy) is 1. The highest BCUT2D eigenvalue weighted by atomic mass is 16.6. The van der Waals surface area contributed by atoms with Gasteiger partial charge in [0.25, 0.3) is 0 Å². The Kier molecular flexibility index (Phi) is 6.50. The van der Waals surface area contributed by atoms with Gasteiger partial charge in [-0.15, -0.1) is 0 Å². The number of likely N-dealkylation sites (tertiary alicyclic amines) is 1. The van der Waals surface area contributed by atoms with E-state index in [1.165, 1.54) is 11.1 Å². The van der Waals surface area contributed by atoms with E-state index in [0.29, 0.717) is 11.8 Å². The average Bonchev–Trinajstić information content (AvgIpc) is 2.96. The summed E-state index contributed by atoms with van der Waals surface area (Å²) >= 11 is 0. The molecule has 1 aromatic rings. The molecule has 1 N–H and O–H groups in total. The zero-order valence-electron chi connectivity index (χ0n) is 16.6. The fraction of sp³-hybridized carbons (Fsp3) is 0.667. The molecule has 4 nitrogen and oxygen atoms in total. The molecule has 1 aliphatic heterocycles. The Bertz CT molecular complexity index is 578. The molecule has 0 radical (unpaired) electrons. The standard InChI is InChI=1S/C21H34N2O2/c1-15(2)12-16-8-7-9-17(13-16)19(22-6)18-10-11-23(14-18)20(24)25-21(3,4)5/h7-9,13,15,18-19,22H,10-12,14H2,1-6H3. The van der Waals surface area contributed by atoms with Crippen LogP contribution in [0.2, 0.25) is 0 Å². The molecule has 2 atom stereocenters. The van der Waals surface area contributed by atoms with E-state index in [9.17, 15) is 4.79 Å².